The zero-order chi connectivity index (χ0) is 12.4. The first-order valence-corrected chi connectivity index (χ1v) is 5.84. The van der Waals surface area contributed by atoms with E-state index in [0.29, 0.717) is 23.7 Å². The second-order valence-electron chi connectivity index (χ2n) is 4.61. The molecule has 17 heavy (non-hydrogen) atoms. The quantitative estimate of drug-likeness (QED) is 0.869. The minimum Gasteiger partial charge on any atom is -0.367 e. The number of hydroxylamine groups is 2. The largest absolute Gasteiger partial charge is 0.367 e. The summed E-state index contributed by atoms with van der Waals surface area (Å²) in [5.74, 6) is 0.240. The third kappa shape index (κ3) is 2.33. The van der Waals surface area contributed by atoms with Crippen molar-refractivity contribution in [2.75, 3.05) is 6.61 Å². The first kappa shape index (κ1) is 12.1. The molecule has 0 aromatic heterocycles. The average Bonchev–Trinajstić information content (AvgIpc) is 2.54. The first-order chi connectivity index (χ1) is 8.11. The summed E-state index contributed by atoms with van der Waals surface area (Å²) in [6, 6.07) is 7.02. The van der Waals surface area contributed by atoms with Crippen LogP contribution in [0.2, 0.25) is 0 Å². The number of rotatable bonds is 4. The van der Waals surface area contributed by atoms with Crippen molar-refractivity contribution in [1.29, 1.82) is 0 Å². The van der Waals surface area contributed by atoms with Crippen molar-refractivity contribution in [3.63, 3.8) is 0 Å². The molecule has 0 radical (unpaired) electrons. The van der Waals surface area contributed by atoms with E-state index in [4.69, 9.17) is 4.84 Å². The van der Waals surface area contributed by atoms with Crippen LogP contribution in [0.3, 0.4) is 0 Å². The fourth-order valence-corrected chi connectivity index (χ4v) is 1.79. The molecule has 1 aromatic rings. The highest BCUT2D eigenvalue weighted by Gasteiger charge is 2.36. The summed E-state index contributed by atoms with van der Waals surface area (Å²) in [5.41, 5.74) is 1.13. The van der Waals surface area contributed by atoms with Gasteiger partial charge in [-0.1, -0.05) is 32.0 Å². The summed E-state index contributed by atoms with van der Waals surface area (Å²) in [5, 5.41) is 11.0. The molecule has 0 aliphatic carbocycles. The molecule has 0 spiro atoms. The van der Waals surface area contributed by atoms with Gasteiger partial charge in [0.25, 0.3) is 5.91 Å². The van der Waals surface area contributed by atoms with Crippen LogP contribution in [0, 0.1) is 5.92 Å². The fraction of sp³-hybridized carbons (Fsp3) is 0.462. The van der Waals surface area contributed by atoms with Gasteiger partial charge in [-0.3, -0.25) is 9.63 Å². The molecular weight excluding hydrogens is 218 g/mol. The number of amides is 1. The standard InChI is InChI=1S/C13H17NO3/c1-9(2)7-8-17-14-12(15)10-5-3-4-6-11(10)13(14)16/h3-6,9,12,15H,7-8H2,1-2H3. The number of hydrogen-bond acceptors (Lipinski definition) is 3. The van der Waals surface area contributed by atoms with E-state index in [1.165, 1.54) is 0 Å². The number of aliphatic hydroxyl groups excluding tert-OH is 1. The minimum absolute atomic E-state index is 0.267. The van der Waals surface area contributed by atoms with Crippen LogP contribution >= 0.6 is 0 Å². The van der Waals surface area contributed by atoms with Crippen LogP contribution in [0.15, 0.2) is 24.3 Å². The highest BCUT2D eigenvalue weighted by Crippen LogP contribution is 2.31. The van der Waals surface area contributed by atoms with Gasteiger partial charge < -0.3 is 5.11 Å². The van der Waals surface area contributed by atoms with Crippen LogP contribution in [0.1, 0.15) is 42.4 Å². The summed E-state index contributed by atoms with van der Waals surface area (Å²) >= 11 is 0. The molecule has 1 amide bonds. The summed E-state index contributed by atoms with van der Waals surface area (Å²) < 4.78 is 0. The van der Waals surface area contributed by atoms with Crippen molar-refractivity contribution in [3.8, 4) is 0 Å². The molecule has 0 fully saturated rings. The van der Waals surface area contributed by atoms with Gasteiger partial charge in [-0.25, -0.2) is 0 Å². The number of benzene rings is 1. The van der Waals surface area contributed by atoms with Gasteiger partial charge in [0.1, 0.15) is 0 Å². The predicted octanol–water partition coefficient (Wildman–Crippen LogP) is 2.11. The maximum absolute atomic E-state index is 11.9. The lowest BCUT2D eigenvalue weighted by Gasteiger charge is -2.20. The molecule has 4 nitrogen and oxygen atoms in total. The van der Waals surface area contributed by atoms with Crippen molar-refractivity contribution in [1.82, 2.24) is 5.06 Å². The molecule has 0 saturated heterocycles. The molecule has 1 heterocycles. The third-order valence-corrected chi connectivity index (χ3v) is 2.82. The molecule has 0 saturated carbocycles. The summed E-state index contributed by atoms with van der Waals surface area (Å²) in [6.45, 7) is 4.61. The second kappa shape index (κ2) is 4.85. The van der Waals surface area contributed by atoms with Gasteiger partial charge in [-0.05, 0) is 18.4 Å². The van der Waals surface area contributed by atoms with Gasteiger partial charge in [0.2, 0.25) is 0 Å². The Bertz CT molecular complexity index is 417. The van der Waals surface area contributed by atoms with Crippen LogP contribution in [0.25, 0.3) is 0 Å². The lowest BCUT2D eigenvalue weighted by molar-refractivity contribution is -0.200. The van der Waals surface area contributed by atoms with Crippen LogP contribution in [-0.4, -0.2) is 22.7 Å². The third-order valence-electron chi connectivity index (χ3n) is 2.82. The first-order valence-electron chi connectivity index (χ1n) is 5.84. The van der Waals surface area contributed by atoms with Gasteiger partial charge in [0.05, 0.1) is 6.61 Å². The number of aliphatic hydroxyl groups is 1. The number of fused-ring (bicyclic) bond motifs is 1. The normalized spacial score (nSPS) is 18.9. The Morgan fingerprint density at radius 2 is 2.12 bits per heavy atom. The number of carbonyl (C=O) groups is 1. The zero-order valence-electron chi connectivity index (χ0n) is 10.1. The Balaban J connectivity index is 2.05. The molecule has 2 rings (SSSR count). The van der Waals surface area contributed by atoms with E-state index in [1.54, 1.807) is 24.3 Å². The molecule has 0 bridgehead atoms. The van der Waals surface area contributed by atoms with Gasteiger partial charge in [-0.2, -0.15) is 5.06 Å². The van der Waals surface area contributed by atoms with Crippen molar-refractivity contribution >= 4 is 5.91 Å². The minimum atomic E-state index is -0.981. The van der Waals surface area contributed by atoms with E-state index in [-0.39, 0.29) is 5.91 Å². The van der Waals surface area contributed by atoms with E-state index in [0.717, 1.165) is 11.5 Å². The monoisotopic (exact) mass is 235 g/mol. The highest BCUT2D eigenvalue weighted by molar-refractivity contribution is 5.98. The Labute approximate surface area is 101 Å². The Kier molecular flexibility index (Phi) is 3.45. The number of nitrogens with zero attached hydrogens (tertiary/aromatic N) is 1. The SMILES string of the molecule is CC(C)CCON1C(=O)c2ccccc2C1O. The average molecular weight is 235 g/mol. The van der Waals surface area contributed by atoms with Crippen LogP contribution in [0.4, 0.5) is 0 Å². The molecule has 1 aliphatic rings. The van der Waals surface area contributed by atoms with Crippen molar-refractivity contribution in [2.24, 2.45) is 5.92 Å². The van der Waals surface area contributed by atoms with Gasteiger partial charge in [0, 0.05) is 11.1 Å². The molecule has 92 valence electrons. The van der Waals surface area contributed by atoms with Crippen LogP contribution in [0.5, 0.6) is 0 Å². The topological polar surface area (TPSA) is 49.8 Å². The Hall–Kier alpha value is -1.39. The molecule has 1 aliphatic heterocycles. The number of carbonyl (C=O) groups excluding carboxylic acids is 1. The fourth-order valence-electron chi connectivity index (χ4n) is 1.79. The summed E-state index contributed by atoms with van der Waals surface area (Å²) in [4.78, 5) is 17.3. The second-order valence-corrected chi connectivity index (χ2v) is 4.61. The molecule has 1 N–H and O–H groups in total. The maximum atomic E-state index is 11.9. The van der Waals surface area contributed by atoms with Crippen molar-refractivity contribution in [3.05, 3.63) is 35.4 Å². The molecule has 1 unspecified atom stereocenters. The van der Waals surface area contributed by atoms with E-state index < -0.39 is 6.23 Å². The lowest BCUT2D eigenvalue weighted by atomic mass is 10.1. The van der Waals surface area contributed by atoms with E-state index in [1.807, 2.05) is 0 Å². The molecule has 4 heteroatoms. The summed E-state index contributed by atoms with van der Waals surface area (Å²) in [6.07, 6.45) is -0.127. The lowest BCUT2D eigenvalue weighted by Crippen LogP contribution is -2.29. The van der Waals surface area contributed by atoms with Gasteiger partial charge in [-0.15, -0.1) is 0 Å². The van der Waals surface area contributed by atoms with E-state index in [9.17, 15) is 9.90 Å². The van der Waals surface area contributed by atoms with Gasteiger partial charge >= 0.3 is 0 Å². The van der Waals surface area contributed by atoms with Crippen molar-refractivity contribution in [2.45, 2.75) is 26.5 Å². The molecule has 1 atom stereocenters. The smallest absolute Gasteiger partial charge is 0.280 e. The van der Waals surface area contributed by atoms with Crippen LogP contribution < -0.4 is 0 Å². The Morgan fingerprint density at radius 1 is 1.41 bits per heavy atom. The summed E-state index contributed by atoms with van der Waals surface area (Å²) in [7, 11) is 0. The highest BCUT2D eigenvalue weighted by atomic mass is 16.7. The maximum Gasteiger partial charge on any atom is 0.280 e. The molecular formula is C13H17NO3. The van der Waals surface area contributed by atoms with Gasteiger partial charge in [0.15, 0.2) is 6.23 Å². The molecule has 1 aromatic carbocycles. The Morgan fingerprint density at radius 3 is 2.76 bits per heavy atom. The van der Waals surface area contributed by atoms with Crippen LogP contribution in [-0.2, 0) is 4.84 Å². The predicted molar refractivity (Wildman–Crippen MR) is 63.0 cm³/mol. The van der Waals surface area contributed by atoms with Crippen molar-refractivity contribution < 1.29 is 14.7 Å². The van der Waals surface area contributed by atoms with E-state index in [2.05, 4.69) is 13.8 Å². The number of hydrogen-bond donors (Lipinski definition) is 1. The zero-order valence-corrected chi connectivity index (χ0v) is 10.1. The van der Waals surface area contributed by atoms with E-state index >= 15 is 0 Å².